The van der Waals surface area contributed by atoms with Crippen LogP contribution in [-0.2, 0) is 4.74 Å². The number of benzene rings is 2. The van der Waals surface area contributed by atoms with Crippen molar-refractivity contribution in [2.45, 2.75) is 19.1 Å². The van der Waals surface area contributed by atoms with Gasteiger partial charge >= 0.3 is 0 Å². The van der Waals surface area contributed by atoms with Crippen LogP contribution in [0.15, 0.2) is 53.5 Å². The van der Waals surface area contributed by atoms with E-state index in [1.54, 1.807) is 36.5 Å². The van der Waals surface area contributed by atoms with Crippen molar-refractivity contribution < 1.29 is 14.2 Å². The van der Waals surface area contributed by atoms with Crippen molar-refractivity contribution >= 4 is 34.0 Å². The molecule has 0 radical (unpaired) electrons. The molecule has 0 bridgehead atoms. The van der Waals surface area contributed by atoms with E-state index in [1.165, 1.54) is 0 Å². The first-order valence-electron chi connectivity index (χ1n) is 11.7. The average Bonchev–Trinajstić information content (AvgIpc) is 3.31. The standard InChI is InChI=1S/C26H27ClFN5O3/c1-15-9-18(33-7-8-36-19(12-28)14-33)11-21-24(15)32-25(31-21)23-20(5-6-29-26(23)35)30-13-22(34)16-3-2-4-17(27)10-16/h2-6,9-11,19,22,34H,7-8,12-14H2,1H3,(H,31,32)(H2,29,30,35)/t19-,22+/m1/s1. The number of aliphatic hydroxyl groups is 1. The maximum atomic E-state index is 13.2. The lowest BCUT2D eigenvalue weighted by Gasteiger charge is -2.33. The van der Waals surface area contributed by atoms with Crippen LogP contribution in [0.25, 0.3) is 22.4 Å². The van der Waals surface area contributed by atoms with Gasteiger partial charge in [0.2, 0.25) is 0 Å². The summed E-state index contributed by atoms with van der Waals surface area (Å²) >= 11 is 6.04. The number of fused-ring (bicyclic) bond motifs is 1. The number of hydrogen-bond acceptors (Lipinski definition) is 6. The number of H-pyrrole nitrogens is 2. The molecule has 0 spiro atoms. The SMILES string of the molecule is Cc1cc(N2CCO[C@H](CF)C2)cc2[nH]c(-c3c(NC[C@H](O)c4cccc(Cl)c4)cc[nH]c3=O)nc12. The Morgan fingerprint density at radius 1 is 1.33 bits per heavy atom. The van der Waals surface area contributed by atoms with E-state index in [9.17, 15) is 14.3 Å². The average molecular weight is 512 g/mol. The van der Waals surface area contributed by atoms with Crippen molar-refractivity contribution in [3.63, 3.8) is 0 Å². The van der Waals surface area contributed by atoms with Gasteiger partial charge in [-0.15, -0.1) is 0 Å². The Balaban J connectivity index is 1.44. The second kappa shape index (κ2) is 10.3. The van der Waals surface area contributed by atoms with E-state index >= 15 is 0 Å². The minimum atomic E-state index is -0.821. The highest BCUT2D eigenvalue weighted by Crippen LogP contribution is 2.30. The molecule has 10 heteroatoms. The Kier molecular flexibility index (Phi) is 6.95. The van der Waals surface area contributed by atoms with Gasteiger partial charge in [-0.05, 0) is 48.4 Å². The van der Waals surface area contributed by atoms with E-state index in [0.29, 0.717) is 47.4 Å². The van der Waals surface area contributed by atoms with Gasteiger partial charge in [0.1, 0.15) is 24.2 Å². The maximum absolute atomic E-state index is 13.2. The van der Waals surface area contributed by atoms with E-state index in [0.717, 1.165) is 22.3 Å². The van der Waals surface area contributed by atoms with Crippen LogP contribution in [0.4, 0.5) is 15.8 Å². The van der Waals surface area contributed by atoms with Gasteiger partial charge in [0, 0.05) is 36.5 Å². The molecule has 2 aromatic carbocycles. The number of aliphatic hydroxyl groups excluding tert-OH is 1. The van der Waals surface area contributed by atoms with Crippen LogP contribution in [0.5, 0.6) is 0 Å². The number of alkyl halides is 1. The molecule has 3 heterocycles. The highest BCUT2D eigenvalue weighted by atomic mass is 35.5. The summed E-state index contributed by atoms with van der Waals surface area (Å²) in [6.45, 7) is 3.22. The molecule has 1 fully saturated rings. The van der Waals surface area contributed by atoms with E-state index in [2.05, 4.69) is 20.2 Å². The third kappa shape index (κ3) is 4.95. The summed E-state index contributed by atoms with van der Waals surface area (Å²) in [6.07, 6.45) is 0.287. The largest absolute Gasteiger partial charge is 0.387 e. The number of anilines is 2. The van der Waals surface area contributed by atoms with Crippen LogP contribution < -0.4 is 15.8 Å². The molecule has 36 heavy (non-hydrogen) atoms. The van der Waals surface area contributed by atoms with E-state index in [1.807, 2.05) is 19.1 Å². The topological polar surface area (TPSA) is 106 Å². The normalized spacial score (nSPS) is 16.9. The van der Waals surface area contributed by atoms with Gasteiger partial charge in [0.15, 0.2) is 0 Å². The third-order valence-corrected chi connectivity index (χ3v) is 6.59. The van der Waals surface area contributed by atoms with E-state index in [-0.39, 0.29) is 12.1 Å². The molecule has 1 aliphatic heterocycles. The number of hydrogen-bond donors (Lipinski definition) is 4. The first-order chi connectivity index (χ1) is 17.4. The first-order valence-corrected chi connectivity index (χ1v) is 12.1. The zero-order valence-electron chi connectivity index (χ0n) is 19.7. The fraction of sp³-hybridized carbons (Fsp3) is 0.308. The van der Waals surface area contributed by atoms with Gasteiger partial charge in [-0.2, -0.15) is 0 Å². The van der Waals surface area contributed by atoms with Gasteiger partial charge < -0.3 is 30.0 Å². The zero-order valence-corrected chi connectivity index (χ0v) is 20.5. The minimum absolute atomic E-state index is 0.174. The predicted molar refractivity (Wildman–Crippen MR) is 140 cm³/mol. The second-order valence-electron chi connectivity index (χ2n) is 8.88. The van der Waals surface area contributed by atoms with Crippen LogP contribution in [0.3, 0.4) is 0 Å². The van der Waals surface area contributed by atoms with Gasteiger partial charge in [-0.25, -0.2) is 9.37 Å². The number of aryl methyl sites for hydroxylation is 1. The number of aromatic amines is 2. The zero-order chi connectivity index (χ0) is 25.2. The molecule has 0 unspecified atom stereocenters. The van der Waals surface area contributed by atoms with Crippen molar-refractivity contribution in [1.29, 1.82) is 0 Å². The fourth-order valence-corrected chi connectivity index (χ4v) is 4.72. The molecule has 4 aromatic rings. The first kappa shape index (κ1) is 24.3. The molecule has 1 aliphatic rings. The lowest BCUT2D eigenvalue weighted by atomic mass is 10.1. The summed E-state index contributed by atoms with van der Waals surface area (Å²) in [7, 11) is 0. The smallest absolute Gasteiger partial charge is 0.261 e. The van der Waals surface area contributed by atoms with Gasteiger partial charge in [-0.3, -0.25) is 4.79 Å². The molecule has 5 rings (SSSR count). The Bertz CT molecular complexity index is 1440. The summed E-state index contributed by atoms with van der Waals surface area (Å²) in [5, 5.41) is 14.3. The van der Waals surface area contributed by atoms with E-state index in [4.69, 9.17) is 21.3 Å². The lowest BCUT2D eigenvalue weighted by Crippen LogP contribution is -2.43. The summed E-state index contributed by atoms with van der Waals surface area (Å²) < 4.78 is 18.6. The number of aromatic nitrogens is 3. The Labute approximate surface area is 212 Å². The number of rotatable bonds is 7. The minimum Gasteiger partial charge on any atom is -0.387 e. The fourth-order valence-electron chi connectivity index (χ4n) is 4.52. The quantitative estimate of drug-likeness (QED) is 0.296. The molecule has 4 N–H and O–H groups in total. The van der Waals surface area contributed by atoms with Gasteiger partial charge in [0.25, 0.3) is 5.56 Å². The molecule has 0 amide bonds. The molecule has 2 atom stereocenters. The van der Waals surface area contributed by atoms with Crippen LogP contribution in [0.1, 0.15) is 17.2 Å². The number of pyridine rings is 1. The molecule has 2 aromatic heterocycles. The number of nitrogens with zero attached hydrogens (tertiary/aromatic N) is 2. The lowest BCUT2D eigenvalue weighted by molar-refractivity contribution is 0.0247. The molecule has 0 saturated carbocycles. The number of nitrogens with one attached hydrogen (secondary N) is 3. The second-order valence-corrected chi connectivity index (χ2v) is 9.32. The van der Waals surface area contributed by atoms with Crippen molar-refractivity contribution in [2.75, 3.05) is 43.1 Å². The number of ether oxygens (including phenoxy) is 1. The van der Waals surface area contributed by atoms with Crippen LogP contribution in [0.2, 0.25) is 5.02 Å². The summed E-state index contributed by atoms with van der Waals surface area (Å²) in [6, 6.07) is 12.7. The molecule has 0 aliphatic carbocycles. The monoisotopic (exact) mass is 511 g/mol. The summed E-state index contributed by atoms with van der Waals surface area (Å²) in [5.74, 6) is 0.412. The number of imidazole rings is 1. The molecule has 188 valence electrons. The highest BCUT2D eigenvalue weighted by molar-refractivity contribution is 6.30. The number of morpholine rings is 1. The molecular weight excluding hydrogens is 485 g/mol. The van der Waals surface area contributed by atoms with Crippen molar-refractivity contribution in [2.24, 2.45) is 0 Å². The van der Waals surface area contributed by atoms with Crippen LogP contribution >= 0.6 is 11.6 Å². The third-order valence-electron chi connectivity index (χ3n) is 6.35. The Morgan fingerprint density at radius 3 is 3.00 bits per heavy atom. The maximum Gasteiger partial charge on any atom is 0.261 e. The summed E-state index contributed by atoms with van der Waals surface area (Å²) in [4.78, 5) is 25.7. The summed E-state index contributed by atoms with van der Waals surface area (Å²) in [5.41, 5.74) is 4.65. The van der Waals surface area contributed by atoms with Crippen LogP contribution in [0, 0.1) is 6.92 Å². The van der Waals surface area contributed by atoms with E-state index < -0.39 is 18.9 Å². The van der Waals surface area contributed by atoms with Crippen molar-refractivity contribution in [1.82, 2.24) is 15.0 Å². The molecule has 8 nitrogen and oxygen atoms in total. The van der Waals surface area contributed by atoms with Gasteiger partial charge in [0.05, 0.1) is 29.4 Å². The predicted octanol–water partition coefficient (Wildman–Crippen LogP) is 4.20. The highest BCUT2D eigenvalue weighted by Gasteiger charge is 2.22. The number of halogens is 2. The Hall–Kier alpha value is -3.40. The van der Waals surface area contributed by atoms with Crippen molar-refractivity contribution in [3.05, 3.63) is 75.2 Å². The van der Waals surface area contributed by atoms with Gasteiger partial charge in [-0.1, -0.05) is 23.7 Å². The molecular formula is C26H27ClFN5O3. The Morgan fingerprint density at radius 2 is 2.19 bits per heavy atom. The molecule has 1 saturated heterocycles. The van der Waals surface area contributed by atoms with Crippen LogP contribution in [-0.4, -0.2) is 59.1 Å². The van der Waals surface area contributed by atoms with Crippen molar-refractivity contribution in [3.8, 4) is 11.4 Å².